The molecule has 0 atom stereocenters. The Kier molecular flexibility index (Phi) is 8.31. The van der Waals surface area contributed by atoms with Gasteiger partial charge in [-0.25, -0.2) is 4.98 Å². The van der Waals surface area contributed by atoms with Crippen molar-refractivity contribution < 1.29 is 4.74 Å². The molecule has 1 N–H and O–H groups in total. The average molecular weight is 293 g/mol. The number of pyridine rings is 1. The van der Waals surface area contributed by atoms with Gasteiger partial charge in [-0.2, -0.15) is 0 Å². The van der Waals surface area contributed by atoms with Gasteiger partial charge >= 0.3 is 0 Å². The fraction of sp³-hybridized carbons (Fsp3) is 0.706. The third kappa shape index (κ3) is 6.44. The molecule has 0 bridgehead atoms. The minimum absolute atomic E-state index is 0.673. The predicted molar refractivity (Wildman–Crippen MR) is 89.9 cm³/mol. The number of aromatic nitrogens is 1. The van der Waals surface area contributed by atoms with E-state index in [1.54, 1.807) is 0 Å². The molecule has 0 saturated carbocycles. The summed E-state index contributed by atoms with van der Waals surface area (Å²) in [4.78, 5) is 7.01. The minimum atomic E-state index is 0.673. The maximum atomic E-state index is 5.44. The van der Waals surface area contributed by atoms with Crippen LogP contribution in [0.25, 0.3) is 0 Å². The normalized spacial score (nSPS) is 11.1. The Bertz CT molecular complexity index is 407. The van der Waals surface area contributed by atoms with Gasteiger partial charge in [0.25, 0.3) is 0 Å². The summed E-state index contributed by atoms with van der Waals surface area (Å²) in [5, 5.41) is 3.47. The molecule has 0 fully saturated rings. The number of rotatable bonds is 10. The van der Waals surface area contributed by atoms with Crippen LogP contribution in [0.3, 0.4) is 0 Å². The lowest BCUT2D eigenvalue weighted by Gasteiger charge is -2.22. The molecule has 0 radical (unpaired) electrons. The SMILES string of the molecule is CCOCCN(CC)c1ccc(CNCC(C)C)c(C)n1. The molecule has 21 heavy (non-hydrogen) atoms. The van der Waals surface area contributed by atoms with E-state index in [2.05, 4.69) is 50.0 Å². The Balaban J connectivity index is 2.62. The van der Waals surface area contributed by atoms with Crippen LogP contribution in [-0.2, 0) is 11.3 Å². The van der Waals surface area contributed by atoms with Gasteiger partial charge in [-0.15, -0.1) is 0 Å². The largest absolute Gasteiger partial charge is 0.380 e. The first kappa shape index (κ1) is 17.9. The fourth-order valence-corrected chi connectivity index (χ4v) is 2.19. The zero-order chi connectivity index (χ0) is 15.7. The van der Waals surface area contributed by atoms with E-state index in [0.29, 0.717) is 5.92 Å². The van der Waals surface area contributed by atoms with Gasteiger partial charge in [0.15, 0.2) is 0 Å². The van der Waals surface area contributed by atoms with E-state index in [4.69, 9.17) is 9.72 Å². The highest BCUT2D eigenvalue weighted by atomic mass is 16.5. The molecule has 0 aliphatic rings. The minimum Gasteiger partial charge on any atom is -0.380 e. The van der Waals surface area contributed by atoms with E-state index >= 15 is 0 Å². The summed E-state index contributed by atoms with van der Waals surface area (Å²) in [7, 11) is 0. The van der Waals surface area contributed by atoms with E-state index in [9.17, 15) is 0 Å². The van der Waals surface area contributed by atoms with Crippen LogP contribution in [0.15, 0.2) is 12.1 Å². The second-order valence-electron chi connectivity index (χ2n) is 5.72. The van der Waals surface area contributed by atoms with Gasteiger partial charge in [0.2, 0.25) is 0 Å². The summed E-state index contributed by atoms with van der Waals surface area (Å²) in [6.07, 6.45) is 0. The highest BCUT2D eigenvalue weighted by Gasteiger charge is 2.08. The van der Waals surface area contributed by atoms with E-state index in [-0.39, 0.29) is 0 Å². The van der Waals surface area contributed by atoms with Crippen molar-refractivity contribution in [3.8, 4) is 0 Å². The molecule has 1 aromatic heterocycles. The van der Waals surface area contributed by atoms with Crippen LogP contribution < -0.4 is 10.2 Å². The van der Waals surface area contributed by atoms with E-state index in [0.717, 1.165) is 50.9 Å². The molecule has 0 amide bonds. The smallest absolute Gasteiger partial charge is 0.128 e. The standard InChI is InChI=1S/C17H31N3O/c1-6-20(10-11-21-7-2)17-9-8-16(15(5)19-17)13-18-12-14(3)4/h8-9,14,18H,6-7,10-13H2,1-5H3. The number of likely N-dealkylation sites (N-methyl/N-ethyl adjacent to an activating group) is 1. The molecule has 0 aromatic carbocycles. The number of anilines is 1. The van der Waals surface area contributed by atoms with Crippen LogP contribution >= 0.6 is 0 Å². The topological polar surface area (TPSA) is 37.4 Å². The Morgan fingerprint density at radius 1 is 1.29 bits per heavy atom. The maximum absolute atomic E-state index is 5.44. The molecule has 0 unspecified atom stereocenters. The van der Waals surface area contributed by atoms with Crippen LogP contribution in [-0.4, -0.2) is 37.8 Å². The second kappa shape index (κ2) is 9.74. The predicted octanol–water partition coefficient (Wildman–Crippen LogP) is 3.00. The van der Waals surface area contributed by atoms with Gasteiger partial charge in [-0.05, 0) is 44.9 Å². The van der Waals surface area contributed by atoms with E-state index in [1.807, 2.05) is 6.92 Å². The summed E-state index contributed by atoms with van der Waals surface area (Å²) in [6, 6.07) is 4.31. The van der Waals surface area contributed by atoms with Crippen LogP contribution in [0.5, 0.6) is 0 Å². The summed E-state index contributed by atoms with van der Waals surface area (Å²) in [6.45, 7) is 16.0. The van der Waals surface area contributed by atoms with Crippen LogP contribution in [0.2, 0.25) is 0 Å². The molecule has 120 valence electrons. The third-order valence-corrected chi connectivity index (χ3v) is 3.46. The Morgan fingerprint density at radius 3 is 2.62 bits per heavy atom. The molecule has 1 rings (SSSR count). The third-order valence-electron chi connectivity index (χ3n) is 3.46. The van der Waals surface area contributed by atoms with Gasteiger partial charge in [-0.1, -0.05) is 19.9 Å². The van der Waals surface area contributed by atoms with Crippen molar-refractivity contribution in [2.45, 2.75) is 41.2 Å². The average Bonchev–Trinajstić information content (AvgIpc) is 2.45. The monoisotopic (exact) mass is 293 g/mol. The molecule has 1 heterocycles. The summed E-state index contributed by atoms with van der Waals surface area (Å²) < 4.78 is 5.44. The Labute approximate surface area is 129 Å². The van der Waals surface area contributed by atoms with Crippen LogP contribution in [0.1, 0.15) is 39.0 Å². The first-order chi connectivity index (χ1) is 10.1. The number of nitrogens with one attached hydrogen (secondary N) is 1. The highest BCUT2D eigenvalue weighted by Crippen LogP contribution is 2.14. The van der Waals surface area contributed by atoms with E-state index in [1.165, 1.54) is 5.56 Å². The molecule has 4 nitrogen and oxygen atoms in total. The lowest BCUT2D eigenvalue weighted by Crippen LogP contribution is -2.28. The Hall–Kier alpha value is -1.13. The van der Waals surface area contributed by atoms with Gasteiger partial charge in [-0.3, -0.25) is 0 Å². The molecule has 1 aromatic rings. The zero-order valence-corrected chi connectivity index (χ0v) is 14.3. The number of nitrogens with zero attached hydrogens (tertiary/aromatic N) is 2. The van der Waals surface area contributed by atoms with Crippen molar-refractivity contribution in [3.63, 3.8) is 0 Å². The quantitative estimate of drug-likeness (QED) is 0.673. The lowest BCUT2D eigenvalue weighted by atomic mass is 10.1. The molecular formula is C17H31N3O. The second-order valence-corrected chi connectivity index (χ2v) is 5.72. The molecule has 0 aliphatic heterocycles. The fourth-order valence-electron chi connectivity index (χ4n) is 2.19. The zero-order valence-electron chi connectivity index (χ0n) is 14.3. The van der Waals surface area contributed by atoms with Gasteiger partial charge < -0.3 is 15.0 Å². The first-order valence-corrected chi connectivity index (χ1v) is 8.08. The lowest BCUT2D eigenvalue weighted by molar-refractivity contribution is 0.154. The van der Waals surface area contributed by atoms with Crippen LogP contribution in [0, 0.1) is 12.8 Å². The van der Waals surface area contributed by atoms with Gasteiger partial charge in [0.05, 0.1) is 6.61 Å². The van der Waals surface area contributed by atoms with Gasteiger partial charge in [0, 0.05) is 31.9 Å². The van der Waals surface area contributed by atoms with Gasteiger partial charge in [0.1, 0.15) is 5.82 Å². The Morgan fingerprint density at radius 2 is 2.05 bits per heavy atom. The number of ether oxygens (including phenoxy) is 1. The maximum Gasteiger partial charge on any atom is 0.128 e. The van der Waals surface area contributed by atoms with Crippen molar-refractivity contribution in [1.82, 2.24) is 10.3 Å². The van der Waals surface area contributed by atoms with Crippen molar-refractivity contribution in [2.24, 2.45) is 5.92 Å². The molecule has 0 spiro atoms. The summed E-state index contributed by atoms with van der Waals surface area (Å²) in [5.41, 5.74) is 2.39. The van der Waals surface area contributed by atoms with E-state index < -0.39 is 0 Å². The number of hydrogen-bond donors (Lipinski definition) is 1. The van der Waals surface area contributed by atoms with Crippen molar-refractivity contribution in [2.75, 3.05) is 37.7 Å². The molecular weight excluding hydrogens is 262 g/mol. The summed E-state index contributed by atoms with van der Waals surface area (Å²) in [5.74, 6) is 1.72. The van der Waals surface area contributed by atoms with Crippen molar-refractivity contribution in [3.05, 3.63) is 23.4 Å². The number of aryl methyl sites for hydroxylation is 1. The number of hydrogen-bond acceptors (Lipinski definition) is 4. The van der Waals surface area contributed by atoms with Crippen molar-refractivity contribution >= 4 is 5.82 Å². The van der Waals surface area contributed by atoms with Crippen LogP contribution in [0.4, 0.5) is 5.82 Å². The van der Waals surface area contributed by atoms with Crippen molar-refractivity contribution in [1.29, 1.82) is 0 Å². The molecule has 0 aliphatic carbocycles. The summed E-state index contributed by atoms with van der Waals surface area (Å²) >= 11 is 0. The first-order valence-electron chi connectivity index (χ1n) is 8.08. The molecule has 4 heteroatoms. The molecule has 0 saturated heterocycles. The highest BCUT2D eigenvalue weighted by molar-refractivity contribution is 5.41.